The van der Waals surface area contributed by atoms with E-state index in [4.69, 9.17) is 16.0 Å². The summed E-state index contributed by atoms with van der Waals surface area (Å²) in [6, 6.07) is 18.3. The van der Waals surface area contributed by atoms with Crippen molar-refractivity contribution in [1.82, 2.24) is 15.2 Å². The summed E-state index contributed by atoms with van der Waals surface area (Å²) in [5, 5.41) is 3.63. The molecule has 0 spiro atoms. The minimum absolute atomic E-state index is 0.0927. The third-order valence-electron chi connectivity index (χ3n) is 5.22. The molecule has 2 atom stereocenters. The molecule has 3 aromatic rings. The second-order valence-corrected chi connectivity index (χ2v) is 7.97. The van der Waals surface area contributed by atoms with Gasteiger partial charge in [0.05, 0.1) is 6.54 Å². The molecule has 0 saturated carbocycles. The number of nitrogens with one attached hydrogen (secondary N) is 1. The van der Waals surface area contributed by atoms with Crippen molar-refractivity contribution < 1.29 is 9.21 Å². The van der Waals surface area contributed by atoms with Crippen LogP contribution in [0.25, 0.3) is 0 Å². The molecule has 1 amide bonds. The van der Waals surface area contributed by atoms with E-state index in [0.717, 1.165) is 12.0 Å². The highest BCUT2D eigenvalue weighted by Gasteiger charge is 2.21. The van der Waals surface area contributed by atoms with Gasteiger partial charge in [0.25, 0.3) is 5.91 Å². The third-order valence-corrected chi connectivity index (χ3v) is 5.45. The lowest BCUT2D eigenvalue weighted by Gasteiger charge is -2.28. The van der Waals surface area contributed by atoms with E-state index in [-0.39, 0.29) is 18.0 Å². The summed E-state index contributed by atoms with van der Waals surface area (Å²) in [6.45, 7) is 7.29. The molecule has 1 heterocycles. The number of benzene rings is 2. The monoisotopic (exact) mass is 425 g/mol. The van der Waals surface area contributed by atoms with Crippen LogP contribution in [0.2, 0.25) is 5.02 Å². The van der Waals surface area contributed by atoms with Gasteiger partial charge in [-0.2, -0.15) is 0 Å². The molecule has 158 valence electrons. The van der Waals surface area contributed by atoms with Gasteiger partial charge in [-0.05, 0) is 43.5 Å². The van der Waals surface area contributed by atoms with Gasteiger partial charge in [-0.25, -0.2) is 4.98 Å². The molecule has 6 heteroatoms. The summed E-state index contributed by atoms with van der Waals surface area (Å²) >= 11 is 6.18. The van der Waals surface area contributed by atoms with Gasteiger partial charge in [-0.1, -0.05) is 61.0 Å². The highest BCUT2D eigenvalue weighted by molar-refractivity contribution is 6.30. The predicted octanol–water partition coefficient (Wildman–Crippen LogP) is 5.62. The summed E-state index contributed by atoms with van der Waals surface area (Å²) in [5.74, 6) is 0.297. The second kappa shape index (κ2) is 10.4. The van der Waals surface area contributed by atoms with Crippen molar-refractivity contribution in [3.63, 3.8) is 0 Å². The standard InChI is InChI=1S/C24H28ClN3O2/c1-4-17(2)26-24(29)22-16-30-23(27-22)15-28(14-19-9-8-12-21(25)13-19)18(3)20-10-6-5-7-11-20/h5-13,16-18H,4,14-15H2,1-3H3,(H,26,29). The van der Waals surface area contributed by atoms with Gasteiger partial charge in [-0.3, -0.25) is 9.69 Å². The number of nitrogens with zero attached hydrogens (tertiary/aromatic N) is 2. The molecule has 0 bridgehead atoms. The maximum absolute atomic E-state index is 12.3. The lowest BCUT2D eigenvalue weighted by Crippen LogP contribution is -2.32. The first kappa shape index (κ1) is 22.1. The number of aromatic nitrogens is 1. The Bertz CT molecular complexity index is 958. The third kappa shape index (κ3) is 5.94. The van der Waals surface area contributed by atoms with E-state index in [0.29, 0.717) is 29.7 Å². The van der Waals surface area contributed by atoms with Gasteiger partial charge in [0.1, 0.15) is 6.26 Å². The van der Waals surface area contributed by atoms with Crippen LogP contribution in [-0.4, -0.2) is 21.8 Å². The van der Waals surface area contributed by atoms with Crippen LogP contribution in [0, 0.1) is 0 Å². The average molecular weight is 426 g/mol. The Hall–Kier alpha value is -2.63. The molecule has 1 aromatic heterocycles. The molecular weight excluding hydrogens is 398 g/mol. The van der Waals surface area contributed by atoms with Crippen molar-refractivity contribution in [3.8, 4) is 0 Å². The Labute approximate surface area is 183 Å². The van der Waals surface area contributed by atoms with E-state index in [1.807, 2.05) is 50.2 Å². The lowest BCUT2D eigenvalue weighted by atomic mass is 10.1. The van der Waals surface area contributed by atoms with Crippen LogP contribution < -0.4 is 5.32 Å². The van der Waals surface area contributed by atoms with E-state index in [1.54, 1.807) is 0 Å². The molecule has 2 aromatic carbocycles. The smallest absolute Gasteiger partial charge is 0.273 e. The Morgan fingerprint density at radius 2 is 1.90 bits per heavy atom. The molecule has 3 rings (SSSR count). The predicted molar refractivity (Wildman–Crippen MR) is 119 cm³/mol. The molecule has 0 saturated heterocycles. The van der Waals surface area contributed by atoms with Crippen molar-refractivity contribution >= 4 is 17.5 Å². The summed E-state index contributed by atoms with van der Waals surface area (Å²) in [5.41, 5.74) is 2.60. The SMILES string of the molecule is CCC(C)NC(=O)c1coc(CN(Cc2cccc(Cl)c2)C(C)c2ccccc2)n1. The maximum atomic E-state index is 12.3. The normalized spacial score (nSPS) is 13.2. The lowest BCUT2D eigenvalue weighted by molar-refractivity contribution is 0.0934. The van der Waals surface area contributed by atoms with Crippen molar-refractivity contribution in [2.45, 2.75) is 52.4 Å². The zero-order valence-electron chi connectivity index (χ0n) is 17.6. The minimum atomic E-state index is -0.211. The van der Waals surface area contributed by atoms with E-state index < -0.39 is 0 Å². The van der Waals surface area contributed by atoms with Gasteiger partial charge in [0, 0.05) is 23.7 Å². The molecule has 0 aliphatic heterocycles. The summed E-state index contributed by atoms with van der Waals surface area (Å²) in [4.78, 5) is 19.0. The molecule has 5 nitrogen and oxygen atoms in total. The molecule has 0 aliphatic carbocycles. The first-order valence-electron chi connectivity index (χ1n) is 10.2. The van der Waals surface area contributed by atoms with Crippen LogP contribution >= 0.6 is 11.6 Å². The largest absolute Gasteiger partial charge is 0.447 e. The molecule has 0 fully saturated rings. The summed E-state index contributed by atoms with van der Waals surface area (Å²) in [7, 11) is 0. The van der Waals surface area contributed by atoms with Crippen LogP contribution in [0.3, 0.4) is 0 Å². The highest BCUT2D eigenvalue weighted by Crippen LogP contribution is 2.25. The van der Waals surface area contributed by atoms with E-state index in [1.165, 1.54) is 11.8 Å². The number of carbonyl (C=O) groups excluding carboxylic acids is 1. The number of halogens is 1. The number of rotatable bonds is 9. The topological polar surface area (TPSA) is 58.4 Å². The van der Waals surface area contributed by atoms with Crippen LogP contribution in [0.1, 0.15) is 60.7 Å². The van der Waals surface area contributed by atoms with Gasteiger partial charge in [0.15, 0.2) is 5.69 Å². The summed E-state index contributed by atoms with van der Waals surface area (Å²) in [6.07, 6.45) is 2.29. The fraction of sp³-hybridized carbons (Fsp3) is 0.333. The minimum Gasteiger partial charge on any atom is -0.447 e. The van der Waals surface area contributed by atoms with E-state index in [9.17, 15) is 4.79 Å². The van der Waals surface area contributed by atoms with Gasteiger partial charge < -0.3 is 9.73 Å². The van der Waals surface area contributed by atoms with E-state index >= 15 is 0 Å². The van der Waals surface area contributed by atoms with Crippen LogP contribution in [0.4, 0.5) is 0 Å². The second-order valence-electron chi connectivity index (χ2n) is 7.53. The molecule has 1 N–H and O–H groups in total. The quantitative estimate of drug-likeness (QED) is 0.483. The average Bonchev–Trinajstić information content (AvgIpc) is 3.22. The van der Waals surface area contributed by atoms with Crippen molar-refractivity contribution in [2.75, 3.05) is 0 Å². The van der Waals surface area contributed by atoms with Crippen LogP contribution in [-0.2, 0) is 13.1 Å². The summed E-state index contributed by atoms with van der Waals surface area (Å²) < 4.78 is 5.64. The number of amides is 1. The highest BCUT2D eigenvalue weighted by atomic mass is 35.5. The number of oxazole rings is 1. The van der Waals surface area contributed by atoms with Crippen LogP contribution in [0.15, 0.2) is 65.3 Å². The fourth-order valence-electron chi connectivity index (χ4n) is 3.20. The number of hydrogen-bond donors (Lipinski definition) is 1. The first-order chi connectivity index (χ1) is 14.5. The van der Waals surface area contributed by atoms with Gasteiger partial charge >= 0.3 is 0 Å². The molecule has 30 heavy (non-hydrogen) atoms. The first-order valence-corrected chi connectivity index (χ1v) is 10.6. The molecular formula is C24H28ClN3O2. The van der Waals surface area contributed by atoms with E-state index in [2.05, 4.69) is 40.3 Å². The number of hydrogen-bond acceptors (Lipinski definition) is 4. The Morgan fingerprint density at radius 3 is 2.60 bits per heavy atom. The zero-order chi connectivity index (χ0) is 21.5. The van der Waals surface area contributed by atoms with Crippen molar-refractivity contribution in [1.29, 1.82) is 0 Å². The Balaban J connectivity index is 1.79. The molecule has 0 radical (unpaired) electrons. The molecule has 0 aliphatic rings. The van der Waals surface area contributed by atoms with Crippen LogP contribution in [0.5, 0.6) is 0 Å². The molecule has 2 unspecified atom stereocenters. The number of carbonyl (C=O) groups is 1. The van der Waals surface area contributed by atoms with Gasteiger partial charge in [0.2, 0.25) is 5.89 Å². The van der Waals surface area contributed by atoms with Gasteiger partial charge in [-0.15, -0.1) is 0 Å². The zero-order valence-corrected chi connectivity index (χ0v) is 18.4. The maximum Gasteiger partial charge on any atom is 0.273 e. The Morgan fingerprint density at radius 1 is 1.13 bits per heavy atom. The Kier molecular flexibility index (Phi) is 7.66. The van der Waals surface area contributed by atoms with Crippen molar-refractivity contribution in [2.24, 2.45) is 0 Å². The fourth-order valence-corrected chi connectivity index (χ4v) is 3.42. The van der Waals surface area contributed by atoms with Crippen molar-refractivity contribution in [3.05, 3.63) is 88.6 Å².